The number of hydrogen-bond donors (Lipinski definition) is 1. The smallest absolute Gasteiger partial charge is 0.349 e. The summed E-state index contributed by atoms with van der Waals surface area (Å²) >= 11 is 0. The van der Waals surface area contributed by atoms with E-state index in [1.807, 2.05) is 32.0 Å². The molecule has 0 saturated carbocycles. The Balaban J connectivity index is 1.77. The largest absolute Gasteiger partial charge is 0.366 e. The van der Waals surface area contributed by atoms with Crippen LogP contribution in [0.15, 0.2) is 42.5 Å². The number of nitrogens with zero attached hydrogens (tertiary/aromatic N) is 4. The summed E-state index contributed by atoms with van der Waals surface area (Å²) < 4.78 is 6.72. The molecule has 2 aromatic carbocycles. The Morgan fingerprint density at radius 1 is 1.15 bits per heavy atom. The molecule has 0 radical (unpaired) electrons. The lowest BCUT2D eigenvalue weighted by atomic mass is 10.0. The van der Waals surface area contributed by atoms with E-state index in [0.29, 0.717) is 23.2 Å². The minimum atomic E-state index is -0.490. The highest BCUT2D eigenvalue weighted by atomic mass is 16.5. The van der Waals surface area contributed by atoms with Crippen molar-refractivity contribution >= 4 is 23.0 Å². The van der Waals surface area contributed by atoms with Gasteiger partial charge in [0.15, 0.2) is 0 Å². The van der Waals surface area contributed by atoms with Gasteiger partial charge in [0, 0.05) is 5.56 Å². The van der Waals surface area contributed by atoms with Crippen molar-refractivity contribution in [1.29, 1.82) is 0 Å². The fourth-order valence-electron chi connectivity index (χ4n) is 3.16. The molecule has 1 aromatic heterocycles. The van der Waals surface area contributed by atoms with Crippen molar-refractivity contribution in [1.82, 2.24) is 19.9 Å². The molecule has 138 valence electrons. The van der Waals surface area contributed by atoms with Crippen LogP contribution < -0.4 is 5.73 Å². The van der Waals surface area contributed by atoms with Gasteiger partial charge in [0.2, 0.25) is 5.91 Å². The van der Waals surface area contributed by atoms with Crippen LogP contribution in [-0.2, 0) is 4.74 Å². The first kappa shape index (κ1) is 17.2. The molecule has 0 spiro atoms. The molecule has 4 rings (SSSR count). The number of aromatic nitrogens is 3. The monoisotopic (exact) mass is 365 g/mol. The number of amides is 2. The summed E-state index contributed by atoms with van der Waals surface area (Å²) in [6, 6.07) is 12.2. The zero-order chi connectivity index (χ0) is 19.2. The maximum absolute atomic E-state index is 13.0. The molecule has 2 heterocycles. The second kappa shape index (κ2) is 6.17. The van der Waals surface area contributed by atoms with Crippen molar-refractivity contribution in [3.63, 3.8) is 0 Å². The van der Waals surface area contributed by atoms with Crippen molar-refractivity contribution in [2.24, 2.45) is 5.73 Å². The second-order valence-corrected chi connectivity index (χ2v) is 7.15. The van der Waals surface area contributed by atoms with Crippen LogP contribution in [0.5, 0.6) is 0 Å². The van der Waals surface area contributed by atoms with Gasteiger partial charge in [-0.2, -0.15) is 4.68 Å². The van der Waals surface area contributed by atoms with Crippen LogP contribution in [0.25, 0.3) is 22.2 Å². The molecule has 0 atom stereocenters. The third-order valence-corrected chi connectivity index (χ3v) is 4.74. The average Bonchev–Trinajstić information content (AvgIpc) is 3.23. The van der Waals surface area contributed by atoms with E-state index in [2.05, 4.69) is 10.3 Å². The van der Waals surface area contributed by atoms with E-state index in [0.717, 1.165) is 11.1 Å². The van der Waals surface area contributed by atoms with E-state index in [9.17, 15) is 9.59 Å². The zero-order valence-electron chi connectivity index (χ0n) is 15.0. The van der Waals surface area contributed by atoms with E-state index < -0.39 is 11.4 Å². The van der Waals surface area contributed by atoms with Crippen molar-refractivity contribution in [2.75, 3.05) is 13.3 Å². The van der Waals surface area contributed by atoms with Crippen LogP contribution in [0.2, 0.25) is 0 Å². The van der Waals surface area contributed by atoms with Gasteiger partial charge in [0.1, 0.15) is 17.8 Å². The predicted octanol–water partition coefficient (Wildman–Crippen LogP) is 2.23. The van der Waals surface area contributed by atoms with Gasteiger partial charge in [-0.1, -0.05) is 23.4 Å². The molecule has 1 aliphatic rings. The maximum atomic E-state index is 13.0. The standard InChI is InChI=1S/C19H19N5O3/c1-19(2)10-27-11-23(19)18(26)24-16-9-13(6-7-15(16)21-22-24)12-4-3-5-14(8-12)17(20)25/h3-9H,10-11H2,1-2H3,(H2,20,25). The number of ether oxygens (including phenoxy) is 1. The van der Waals surface area contributed by atoms with E-state index in [4.69, 9.17) is 10.5 Å². The van der Waals surface area contributed by atoms with Crippen LogP contribution in [0.1, 0.15) is 24.2 Å². The molecule has 2 amide bonds. The highest BCUT2D eigenvalue weighted by Gasteiger charge is 2.38. The lowest BCUT2D eigenvalue weighted by Gasteiger charge is -2.28. The van der Waals surface area contributed by atoms with Crippen LogP contribution in [-0.4, -0.2) is 50.7 Å². The fourth-order valence-corrected chi connectivity index (χ4v) is 3.16. The number of benzene rings is 2. The molecule has 8 heteroatoms. The van der Waals surface area contributed by atoms with Crippen LogP contribution >= 0.6 is 0 Å². The van der Waals surface area contributed by atoms with Crippen molar-refractivity contribution < 1.29 is 14.3 Å². The minimum Gasteiger partial charge on any atom is -0.366 e. The molecule has 0 unspecified atom stereocenters. The summed E-state index contributed by atoms with van der Waals surface area (Å²) in [5.74, 6) is -0.490. The lowest BCUT2D eigenvalue weighted by Crippen LogP contribution is -2.46. The van der Waals surface area contributed by atoms with E-state index in [1.165, 1.54) is 4.68 Å². The Morgan fingerprint density at radius 2 is 1.93 bits per heavy atom. The first-order valence-corrected chi connectivity index (χ1v) is 8.52. The molecular weight excluding hydrogens is 346 g/mol. The van der Waals surface area contributed by atoms with Gasteiger partial charge >= 0.3 is 6.03 Å². The van der Waals surface area contributed by atoms with Gasteiger partial charge in [-0.25, -0.2) is 4.79 Å². The van der Waals surface area contributed by atoms with Crippen LogP contribution in [0.3, 0.4) is 0 Å². The molecule has 3 aromatic rings. The molecule has 1 aliphatic heterocycles. The van der Waals surface area contributed by atoms with Gasteiger partial charge in [0.05, 0.1) is 12.1 Å². The van der Waals surface area contributed by atoms with Gasteiger partial charge in [-0.3, -0.25) is 9.69 Å². The van der Waals surface area contributed by atoms with Crippen LogP contribution in [0, 0.1) is 0 Å². The summed E-state index contributed by atoms with van der Waals surface area (Å²) in [5, 5.41) is 8.12. The normalized spacial score (nSPS) is 16.0. The average molecular weight is 365 g/mol. The van der Waals surface area contributed by atoms with Crippen molar-refractivity contribution in [3.8, 4) is 11.1 Å². The predicted molar refractivity (Wildman–Crippen MR) is 99.0 cm³/mol. The Bertz CT molecular complexity index is 1060. The minimum absolute atomic E-state index is 0.216. The summed E-state index contributed by atoms with van der Waals surface area (Å²) in [5.41, 5.74) is 8.22. The molecule has 1 fully saturated rings. The van der Waals surface area contributed by atoms with Gasteiger partial charge in [-0.05, 0) is 49.2 Å². The molecule has 2 N–H and O–H groups in total. The Labute approximate surface area is 155 Å². The molecular formula is C19H19N5O3. The van der Waals surface area contributed by atoms with Gasteiger partial charge in [-0.15, -0.1) is 5.10 Å². The van der Waals surface area contributed by atoms with Crippen LogP contribution in [0.4, 0.5) is 4.79 Å². The summed E-state index contributed by atoms with van der Waals surface area (Å²) in [6.07, 6.45) is 0. The fraction of sp³-hybridized carbons (Fsp3) is 0.263. The zero-order valence-corrected chi connectivity index (χ0v) is 15.0. The number of rotatable bonds is 2. The second-order valence-electron chi connectivity index (χ2n) is 7.15. The van der Waals surface area contributed by atoms with Gasteiger partial charge in [0.25, 0.3) is 0 Å². The number of hydrogen-bond acceptors (Lipinski definition) is 5. The summed E-state index contributed by atoms with van der Waals surface area (Å²) in [4.78, 5) is 26.0. The SMILES string of the molecule is CC1(C)COCN1C(=O)n1nnc2ccc(-c3cccc(C(N)=O)c3)cc21. The van der Waals surface area contributed by atoms with Crippen molar-refractivity contribution in [2.45, 2.75) is 19.4 Å². The van der Waals surface area contributed by atoms with E-state index in [1.54, 1.807) is 29.2 Å². The number of nitrogens with two attached hydrogens (primary N) is 1. The molecule has 1 saturated heterocycles. The van der Waals surface area contributed by atoms with Gasteiger partial charge < -0.3 is 10.5 Å². The molecule has 8 nitrogen and oxygen atoms in total. The highest BCUT2D eigenvalue weighted by Crippen LogP contribution is 2.27. The number of primary amides is 1. The lowest BCUT2D eigenvalue weighted by molar-refractivity contribution is 0.1000. The summed E-state index contributed by atoms with van der Waals surface area (Å²) in [6.45, 7) is 4.57. The Morgan fingerprint density at radius 3 is 2.63 bits per heavy atom. The number of fused-ring (bicyclic) bond motifs is 1. The first-order valence-electron chi connectivity index (χ1n) is 8.52. The third-order valence-electron chi connectivity index (χ3n) is 4.74. The van der Waals surface area contributed by atoms with E-state index in [-0.39, 0.29) is 12.8 Å². The number of carbonyl (C=O) groups is 2. The molecule has 0 bridgehead atoms. The highest BCUT2D eigenvalue weighted by molar-refractivity contribution is 5.95. The quantitative estimate of drug-likeness (QED) is 0.750. The number of carbonyl (C=O) groups excluding carboxylic acids is 2. The first-order chi connectivity index (χ1) is 12.9. The Hall–Kier alpha value is -3.26. The molecule has 0 aliphatic carbocycles. The maximum Gasteiger partial charge on any atom is 0.349 e. The van der Waals surface area contributed by atoms with Crippen molar-refractivity contribution in [3.05, 3.63) is 48.0 Å². The molecule has 27 heavy (non-hydrogen) atoms. The third kappa shape index (κ3) is 2.93. The van der Waals surface area contributed by atoms with E-state index >= 15 is 0 Å². The topological polar surface area (TPSA) is 103 Å². The summed E-state index contributed by atoms with van der Waals surface area (Å²) in [7, 11) is 0. The Kier molecular flexibility index (Phi) is 3.92.